The molecule has 6 nitrogen and oxygen atoms in total. The molecule has 2 aliphatic rings. The van der Waals surface area contributed by atoms with Crippen LogP contribution in [0.2, 0.25) is 5.02 Å². The molecule has 0 saturated carbocycles. The fourth-order valence-corrected chi connectivity index (χ4v) is 3.80. The summed E-state index contributed by atoms with van der Waals surface area (Å²) in [5, 5.41) is 4.88. The van der Waals surface area contributed by atoms with Crippen LogP contribution in [0.5, 0.6) is 11.5 Å². The molecule has 1 aromatic carbocycles. The first kappa shape index (κ1) is 15.7. The number of benzene rings is 1. The summed E-state index contributed by atoms with van der Waals surface area (Å²) in [7, 11) is 0. The predicted molar refractivity (Wildman–Crippen MR) is 90.5 cm³/mol. The van der Waals surface area contributed by atoms with Crippen molar-refractivity contribution >= 4 is 11.6 Å². The summed E-state index contributed by atoms with van der Waals surface area (Å²) in [6.07, 6.45) is 7.05. The standard InChI is InChI=1S/C17H21ClN4O2/c18-15-7-13(8-16-17(15)24-6-5-23-16)9-21-4-2-1-3-14(21)10-22-12-19-11-20-22/h7-8,11-12,14H,1-6,9-10H2. The first-order valence-electron chi connectivity index (χ1n) is 8.44. The Hall–Kier alpha value is -1.79. The maximum Gasteiger partial charge on any atom is 0.179 e. The van der Waals surface area contributed by atoms with Gasteiger partial charge in [0, 0.05) is 12.6 Å². The summed E-state index contributed by atoms with van der Waals surface area (Å²) in [6.45, 7) is 3.95. The van der Waals surface area contributed by atoms with Gasteiger partial charge in [-0.15, -0.1) is 0 Å². The normalized spacial score (nSPS) is 21.0. The van der Waals surface area contributed by atoms with Gasteiger partial charge in [0.2, 0.25) is 0 Å². The summed E-state index contributed by atoms with van der Waals surface area (Å²) in [5.74, 6) is 1.43. The molecule has 1 fully saturated rings. The second kappa shape index (κ2) is 6.99. The molecule has 1 saturated heterocycles. The average molecular weight is 349 g/mol. The van der Waals surface area contributed by atoms with Crippen molar-refractivity contribution in [1.82, 2.24) is 19.7 Å². The summed E-state index contributed by atoms with van der Waals surface area (Å²) < 4.78 is 13.2. The molecule has 1 aromatic heterocycles. The molecule has 0 N–H and O–H groups in total. The number of hydrogen-bond donors (Lipinski definition) is 0. The molecule has 7 heteroatoms. The topological polar surface area (TPSA) is 52.4 Å². The van der Waals surface area contributed by atoms with Crippen LogP contribution in [0.1, 0.15) is 24.8 Å². The van der Waals surface area contributed by atoms with E-state index >= 15 is 0 Å². The second-order valence-corrected chi connectivity index (χ2v) is 6.75. The highest BCUT2D eigenvalue weighted by atomic mass is 35.5. The number of rotatable bonds is 4. The zero-order valence-corrected chi connectivity index (χ0v) is 14.3. The first-order chi connectivity index (χ1) is 11.8. The van der Waals surface area contributed by atoms with E-state index in [0.717, 1.165) is 30.9 Å². The lowest BCUT2D eigenvalue weighted by molar-refractivity contribution is 0.121. The van der Waals surface area contributed by atoms with E-state index in [4.69, 9.17) is 21.1 Å². The third kappa shape index (κ3) is 3.35. The van der Waals surface area contributed by atoms with Crippen molar-refractivity contribution in [2.24, 2.45) is 0 Å². The quantitative estimate of drug-likeness (QED) is 0.850. The molecule has 24 heavy (non-hydrogen) atoms. The SMILES string of the molecule is Clc1cc(CN2CCCCC2Cn2cncn2)cc2c1OCCO2. The third-order valence-electron chi connectivity index (χ3n) is 4.66. The lowest BCUT2D eigenvalue weighted by Gasteiger charge is -2.35. The van der Waals surface area contributed by atoms with Gasteiger partial charge in [-0.3, -0.25) is 9.58 Å². The Morgan fingerprint density at radius 2 is 2.12 bits per heavy atom. The number of halogens is 1. The minimum atomic E-state index is 0.465. The molecule has 2 aromatic rings. The number of hydrogen-bond acceptors (Lipinski definition) is 5. The number of nitrogens with zero attached hydrogens (tertiary/aromatic N) is 4. The molecule has 128 valence electrons. The van der Waals surface area contributed by atoms with Crippen molar-refractivity contribution in [2.45, 2.75) is 38.4 Å². The van der Waals surface area contributed by atoms with E-state index in [2.05, 4.69) is 21.0 Å². The molecular formula is C17H21ClN4O2. The van der Waals surface area contributed by atoms with Gasteiger partial charge in [0.1, 0.15) is 25.9 Å². The maximum absolute atomic E-state index is 6.37. The van der Waals surface area contributed by atoms with Crippen LogP contribution in [0.25, 0.3) is 0 Å². The van der Waals surface area contributed by atoms with E-state index in [0.29, 0.717) is 30.0 Å². The van der Waals surface area contributed by atoms with E-state index in [-0.39, 0.29) is 0 Å². The molecule has 0 bridgehead atoms. The van der Waals surface area contributed by atoms with Gasteiger partial charge >= 0.3 is 0 Å². The molecular weight excluding hydrogens is 328 g/mol. The molecule has 1 atom stereocenters. The first-order valence-corrected chi connectivity index (χ1v) is 8.82. The fraction of sp³-hybridized carbons (Fsp3) is 0.529. The molecule has 4 rings (SSSR count). The monoisotopic (exact) mass is 348 g/mol. The van der Waals surface area contributed by atoms with E-state index in [9.17, 15) is 0 Å². The minimum Gasteiger partial charge on any atom is -0.486 e. The number of ether oxygens (including phenoxy) is 2. The Morgan fingerprint density at radius 3 is 3.00 bits per heavy atom. The van der Waals surface area contributed by atoms with Gasteiger partial charge < -0.3 is 9.47 Å². The molecule has 0 spiro atoms. The van der Waals surface area contributed by atoms with Gasteiger partial charge in [-0.25, -0.2) is 4.98 Å². The number of piperidine rings is 1. The fourth-order valence-electron chi connectivity index (χ4n) is 3.51. The van der Waals surface area contributed by atoms with E-state index in [1.807, 2.05) is 10.7 Å². The minimum absolute atomic E-state index is 0.465. The lowest BCUT2D eigenvalue weighted by Crippen LogP contribution is -2.41. The van der Waals surface area contributed by atoms with Gasteiger partial charge in [0.25, 0.3) is 0 Å². The van der Waals surface area contributed by atoms with Crippen molar-refractivity contribution < 1.29 is 9.47 Å². The molecule has 0 amide bonds. The van der Waals surface area contributed by atoms with E-state index in [1.54, 1.807) is 12.7 Å². The summed E-state index contributed by atoms with van der Waals surface area (Å²) in [5.41, 5.74) is 1.16. The Labute approximate surface area is 146 Å². The maximum atomic E-state index is 6.37. The smallest absolute Gasteiger partial charge is 0.179 e. The van der Waals surface area contributed by atoms with E-state index < -0.39 is 0 Å². The van der Waals surface area contributed by atoms with Gasteiger partial charge in [-0.2, -0.15) is 5.10 Å². The van der Waals surface area contributed by atoms with Gasteiger partial charge in [0.05, 0.1) is 11.6 Å². The largest absolute Gasteiger partial charge is 0.486 e. The lowest BCUT2D eigenvalue weighted by atomic mass is 10.0. The highest BCUT2D eigenvalue weighted by Gasteiger charge is 2.24. The van der Waals surface area contributed by atoms with Crippen molar-refractivity contribution in [3.8, 4) is 11.5 Å². The summed E-state index contributed by atoms with van der Waals surface area (Å²) in [4.78, 5) is 6.55. The van der Waals surface area contributed by atoms with Crippen LogP contribution in [-0.4, -0.2) is 45.5 Å². The molecule has 0 aliphatic carbocycles. The molecule has 3 heterocycles. The molecule has 1 unspecified atom stereocenters. The van der Waals surface area contributed by atoms with Crippen LogP contribution in [0.4, 0.5) is 0 Å². The van der Waals surface area contributed by atoms with Crippen LogP contribution >= 0.6 is 11.6 Å². The van der Waals surface area contributed by atoms with Gasteiger partial charge in [0.15, 0.2) is 11.5 Å². The highest BCUT2D eigenvalue weighted by molar-refractivity contribution is 6.32. The zero-order valence-electron chi connectivity index (χ0n) is 13.5. The highest BCUT2D eigenvalue weighted by Crippen LogP contribution is 2.38. The van der Waals surface area contributed by atoms with Crippen LogP contribution in [0.3, 0.4) is 0 Å². The third-order valence-corrected chi connectivity index (χ3v) is 4.94. The van der Waals surface area contributed by atoms with Crippen LogP contribution in [-0.2, 0) is 13.1 Å². The number of fused-ring (bicyclic) bond motifs is 1. The number of likely N-dealkylation sites (tertiary alicyclic amines) is 1. The Morgan fingerprint density at radius 1 is 1.21 bits per heavy atom. The predicted octanol–water partition coefficient (Wildman–Crippen LogP) is 2.76. The van der Waals surface area contributed by atoms with Gasteiger partial charge in [-0.1, -0.05) is 18.0 Å². The summed E-state index contributed by atoms with van der Waals surface area (Å²) >= 11 is 6.37. The zero-order chi connectivity index (χ0) is 16.4. The summed E-state index contributed by atoms with van der Waals surface area (Å²) in [6, 6.07) is 4.52. The van der Waals surface area contributed by atoms with E-state index in [1.165, 1.54) is 19.3 Å². The van der Waals surface area contributed by atoms with Crippen LogP contribution in [0.15, 0.2) is 24.8 Å². The average Bonchev–Trinajstić information content (AvgIpc) is 3.10. The van der Waals surface area contributed by atoms with Gasteiger partial charge in [-0.05, 0) is 37.1 Å². The Balaban J connectivity index is 1.51. The number of aromatic nitrogens is 3. The van der Waals surface area contributed by atoms with Crippen LogP contribution < -0.4 is 9.47 Å². The molecule has 0 radical (unpaired) electrons. The Kier molecular flexibility index (Phi) is 4.58. The van der Waals surface area contributed by atoms with Crippen molar-refractivity contribution in [3.63, 3.8) is 0 Å². The van der Waals surface area contributed by atoms with Crippen molar-refractivity contribution in [1.29, 1.82) is 0 Å². The van der Waals surface area contributed by atoms with Crippen molar-refractivity contribution in [3.05, 3.63) is 35.4 Å². The van der Waals surface area contributed by atoms with Crippen molar-refractivity contribution in [2.75, 3.05) is 19.8 Å². The molecule has 2 aliphatic heterocycles. The Bertz CT molecular complexity index is 692. The van der Waals surface area contributed by atoms with Crippen LogP contribution in [0, 0.1) is 0 Å². The second-order valence-electron chi connectivity index (χ2n) is 6.34.